The molecule has 1 N–H and O–H groups in total. The Kier molecular flexibility index (Phi) is 4.73. The Morgan fingerprint density at radius 1 is 1.64 bits per heavy atom. The minimum Gasteiger partial charge on any atom is -0.453 e. The van der Waals surface area contributed by atoms with Crippen molar-refractivity contribution in [2.24, 2.45) is 5.92 Å². The number of nitrogens with zero attached hydrogens (tertiary/aromatic N) is 1. The Balaban J connectivity index is 2.31. The fourth-order valence-electron chi connectivity index (χ4n) is 1.94. The minimum atomic E-state index is -0.181. The quantitative estimate of drug-likeness (QED) is 0.741. The fourth-order valence-corrected chi connectivity index (χ4v) is 1.94. The summed E-state index contributed by atoms with van der Waals surface area (Å²) >= 11 is 0. The lowest BCUT2D eigenvalue weighted by molar-refractivity contribution is 0.101. The van der Waals surface area contributed by atoms with Gasteiger partial charge in [-0.2, -0.15) is 0 Å². The topological polar surface area (TPSA) is 41.6 Å². The number of hydrogen-bond donors (Lipinski definition) is 1. The van der Waals surface area contributed by atoms with Gasteiger partial charge in [0.15, 0.2) is 0 Å². The molecule has 1 amide bonds. The highest BCUT2D eigenvalue weighted by molar-refractivity contribution is 5.67. The number of amides is 1. The molecule has 0 spiro atoms. The molecular formula is C10H20N2O2. The van der Waals surface area contributed by atoms with E-state index in [1.807, 2.05) is 11.9 Å². The van der Waals surface area contributed by atoms with E-state index in [0.29, 0.717) is 5.92 Å². The highest BCUT2D eigenvalue weighted by Crippen LogP contribution is 2.19. The van der Waals surface area contributed by atoms with Crippen LogP contribution < -0.4 is 5.32 Å². The average Bonchev–Trinajstić information content (AvgIpc) is 2.25. The first-order valence-corrected chi connectivity index (χ1v) is 5.25. The zero-order chi connectivity index (χ0) is 10.4. The second-order valence-corrected chi connectivity index (χ2v) is 3.82. The maximum absolute atomic E-state index is 11.3. The first-order chi connectivity index (χ1) is 6.77. The van der Waals surface area contributed by atoms with Crippen LogP contribution in [0.4, 0.5) is 4.79 Å². The van der Waals surface area contributed by atoms with Crippen LogP contribution in [-0.4, -0.2) is 44.8 Å². The molecule has 1 unspecified atom stereocenters. The van der Waals surface area contributed by atoms with Gasteiger partial charge in [0, 0.05) is 13.1 Å². The van der Waals surface area contributed by atoms with E-state index in [4.69, 9.17) is 4.74 Å². The molecule has 0 aromatic heterocycles. The average molecular weight is 200 g/mol. The van der Waals surface area contributed by atoms with Crippen LogP contribution in [0.5, 0.6) is 0 Å². The van der Waals surface area contributed by atoms with E-state index in [1.165, 1.54) is 13.5 Å². The summed E-state index contributed by atoms with van der Waals surface area (Å²) in [5.74, 6) is 0.635. The summed E-state index contributed by atoms with van der Waals surface area (Å²) < 4.78 is 4.71. The molecule has 0 aliphatic carbocycles. The maximum atomic E-state index is 11.3. The number of ether oxygens (including phenoxy) is 1. The molecule has 0 radical (unpaired) electrons. The number of piperidine rings is 1. The van der Waals surface area contributed by atoms with E-state index < -0.39 is 0 Å². The molecule has 0 aromatic rings. The first-order valence-electron chi connectivity index (χ1n) is 5.25. The van der Waals surface area contributed by atoms with Crippen LogP contribution in [0.15, 0.2) is 0 Å². The Hall–Kier alpha value is -0.770. The zero-order valence-electron chi connectivity index (χ0n) is 9.08. The molecule has 0 saturated carbocycles. The Morgan fingerprint density at radius 2 is 2.43 bits per heavy atom. The van der Waals surface area contributed by atoms with Crippen LogP contribution in [0.3, 0.4) is 0 Å². The van der Waals surface area contributed by atoms with Gasteiger partial charge in [0.25, 0.3) is 0 Å². The largest absolute Gasteiger partial charge is 0.453 e. The van der Waals surface area contributed by atoms with E-state index in [1.54, 1.807) is 0 Å². The molecular weight excluding hydrogens is 180 g/mol. The summed E-state index contributed by atoms with van der Waals surface area (Å²) in [5.41, 5.74) is 0. The van der Waals surface area contributed by atoms with Crippen LogP contribution in [0.1, 0.15) is 19.3 Å². The molecule has 14 heavy (non-hydrogen) atoms. The van der Waals surface area contributed by atoms with Crippen molar-refractivity contribution in [1.82, 2.24) is 10.2 Å². The number of nitrogens with one attached hydrogen (secondary N) is 1. The van der Waals surface area contributed by atoms with Gasteiger partial charge in [0.2, 0.25) is 0 Å². The SMILES string of the molecule is CNCCC1CCCN(C(=O)OC)C1. The normalized spacial score (nSPS) is 22.1. The van der Waals surface area contributed by atoms with Crippen molar-refractivity contribution in [3.8, 4) is 0 Å². The Morgan fingerprint density at radius 3 is 3.07 bits per heavy atom. The summed E-state index contributed by atoms with van der Waals surface area (Å²) in [7, 11) is 3.40. The van der Waals surface area contributed by atoms with Crippen LogP contribution in [0, 0.1) is 5.92 Å². The number of hydrogen-bond acceptors (Lipinski definition) is 3. The third kappa shape index (κ3) is 3.18. The van der Waals surface area contributed by atoms with Crippen LogP contribution in [-0.2, 0) is 4.74 Å². The second-order valence-electron chi connectivity index (χ2n) is 3.82. The van der Waals surface area contributed by atoms with Crippen LogP contribution >= 0.6 is 0 Å². The number of carbonyl (C=O) groups is 1. The molecule has 4 heteroatoms. The summed E-state index contributed by atoms with van der Waals surface area (Å²) in [6, 6.07) is 0. The summed E-state index contributed by atoms with van der Waals surface area (Å²) in [6.45, 7) is 2.73. The Bertz CT molecular complexity index is 185. The molecule has 4 nitrogen and oxygen atoms in total. The second kappa shape index (κ2) is 5.86. The summed E-state index contributed by atoms with van der Waals surface area (Å²) in [4.78, 5) is 13.1. The van der Waals surface area contributed by atoms with Gasteiger partial charge < -0.3 is 15.0 Å². The predicted octanol–water partition coefficient (Wildman–Crippen LogP) is 1.07. The Labute approximate surface area is 85.6 Å². The van der Waals surface area contributed by atoms with Crippen molar-refractivity contribution in [3.05, 3.63) is 0 Å². The lowest BCUT2D eigenvalue weighted by Crippen LogP contribution is -2.40. The molecule has 1 rings (SSSR count). The van der Waals surface area contributed by atoms with Gasteiger partial charge in [0.05, 0.1) is 7.11 Å². The minimum absolute atomic E-state index is 0.181. The molecule has 82 valence electrons. The molecule has 0 aromatic carbocycles. The number of methoxy groups -OCH3 is 1. The zero-order valence-corrected chi connectivity index (χ0v) is 9.08. The van der Waals surface area contributed by atoms with Gasteiger partial charge in [-0.15, -0.1) is 0 Å². The third-order valence-corrected chi connectivity index (χ3v) is 2.75. The summed E-state index contributed by atoms with van der Waals surface area (Å²) in [6.07, 6.45) is 3.29. The standard InChI is InChI=1S/C10H20N2O2/c1-11-6-5-9-4-3-7-12(8-9)10(13)14-2/h9,11H,3-8H2,1-2H3. The van der Waals surface area contributed by atoms with Crippen molar-refractivity contribution in [2.45, 2.75) is 19.3 Å². The summed E-state index contributed by atoms with van der Waals surface area (Å²) in [5, 5.41) is 3.14. The first kappa shape index (κ1) is 11.3. The molecule has 1 aliphatic heterocycles. The van der Waals surface area contributed by atoms with Crippen LogP contribution in [0.25, 0.3) is 0 Å². The van der Waals surface area contributed by atoms with Gasteiger partial charge in [-0.1, -0.05) is 0 Å². The van der Waals surface area contributed by atoms with Crippen molar-refractivity contribution in [2.75, 3.05) is 33.8 Å². The highest BCUT2D eigenvalue weighted by Gasteiger charge is 2.23. The predicted molar refractivity (Wildman–Crippen MR) is 55.2 cm³/mol. The van der Waals surface area contributed by atoms with Crippen molar-refractivity contribution >= 4 is 6.09 Å². The van der Waals surface area contributed by atoms with E-state index in [9.17, 15) is 4.79 Å². The van der Waals surface area contributed by atoms with Crippen molar-refractivity contribution < 1.29 is 9.53 Å². The van der Waals surface area contributed by atoms with E-state index in [2.05, 4.69) is 5.32 Å². The maximum Gasteiger partial charge on any atom is 0.409 e. The number of rotatable bonds is 3. The van der Waals surface area contributed by atoms with Gasteiger partial charge in [0.1, 0.15) is 0 Å². The van der Waals surface area contributed by atoms with Gasteiger partial charge >= 0.3 is 6.09 Å². The lowest BCUT2D eigenvalue weighted by atomic mass is 9.95. The fraction of sp³-hybridized carbons (Fsp3) is 0.900. The molecule has 1 aliphatic rings. The van der Waals surface area contributed by atoms with Gasteiger partial charge in [-0.05, 0) is 38.8 Å². The molecule has 1 saturated heterocycles. The molecule has 1 heterocycles. The number of likely N-dealkylation sites (tertiary alicyclic amines) is 1. The molecule has 0 bridgehead atoms. The third-order valence-electron chi connectivity index (χ3n) is 2.75. The van der Waals surface area contributed by atoms with Crippen molar-refractivity contribution in [1.29, 1.82) is 0 Å². The molecule has 1 fully saturated rings. The highest BCUT2D eigenvalue weighted by atomic mass is 16.5. The van der Waals surface area contributed by atoms with Gasteiger partial charge in [-0.3, -0.25) is 0 Å². The van der Waals surface area contributed by atoms with E-state index in [-0.39, 0.29) is 6.09 Å². The van der Waals surface area contributed by atoms with Crippen LogP contribution in [0.2, 0.25) is 0 Å². The van der Waals surface area contributed by atoms with Gasteiger partial charge in [-0.25, -0.2) is 4.79 Å². The van der Waals surface area contributed by atoms with E-state index in [0.717, 1.165) is 32.5 Å². The molecule has 1 atom stereocenters. The van der Waals surface area contributed by atoms with Crippen molar-refractivity contribution in [3.63, 3.8) is 0 Å². The lowest BCUT2D eigenvalue weighted by Gasteiger charge is -2.31. The monoisotopic (exact) mass is 200 g/mol. The van der Waals surface area contributed by atoms with E-state index >= 15 is 0 Å². The smallest absolute Gasteiger partial charge is 0.409 e. The number of carbonyl (C=O) groups excluding carboxylic acids is 1.